The average molecular weight is 496 g/mol. The van der Waals surface area contributed by atoms with Crippen LogP contribution in [0, 0.1) is 5.82 Å². The molecule has 0 aromatic heterocycles. The van der Waals surface area contributed by atoms with Crippen molar-refractivity contribution in [3.8, 4) is 11.5 Å². The number of benzene rings is 2. The first-order valence-corrected chi connectivity index (χ1v) is 11.8. The summed E-state index contributed by atoms with van der Waals surface area (Å²) >= 11 is 0. The van der Waals surface area contributed by atoms with E-state index in [2.05, 4.69) is 17.1 Å². The number of nitrogens with one attached hydrogen (secondary N) is 1. The van der Waals surface area contributed by atoms with Crippen molar-refractivity contribution >= 4 is 11.7 Å². The van der Waals surface area contributed by atoms with Gasteiger partial charge in [0.25, 0.3) is 0 Å². The zero-order chi connectivity index (χ0) is 25.0. The van der Waals surface area contributed by atoms with Crippen LogP contribution in [0.2, 0.25) is 0 Å². The molecule has 1 fully saturated rings. The van der Waals surface area contributed by atoms with E-state index in [0.29, 0.717) is 17.6 Å². The number of nitrogens with zero attached hydrogens (tertiary/aromatic N) is 2. The molecule has 2 amide bonds. The fraction of sp³-hybridized carbons (Fsp3) is 0.480. The molecule has 0 radical (unpaired) electrons. The topological polar surface area (TPSA) is 54.0 Å². The lowest BCUT2D eigenvalue weighted by Crippen LogP contribution is -2.48. The molecular weight excluding hydrogens is 466 g/mol. The van der Waals surface area contributed by atoms with Crippen LogP contribution in [0.25, 0.3) is 0 Å². The average Bonchev–Trinajstić information content (AvgIpc) is 3.28. The molecule has 1 N–H and O–H groups in total. The van der Waals surface area contributed by atoms with Crippen molar-refractivity contribution in [1.82, 2.24) is 9.80 Å². The first-order valence-electron chi connectivity index (χ1n) is 11.8. The molecular formula is C25H29F4N3O3. The second-order valence-corrected chi connectivity index (χ2v) is 8.90. The molecule has 2 aliphatic heterocycles. The van der Waals surface area contributed by atoms with Crippen LogP contribution in [0.1, 0.15) is 43.7 Å². The molecule has 2 heterocycles. The van der Waals surface area contributed by atoms with Gasteiger partial charge in [-0.3, -0.25) is 0 Å². The summed E-state index contributed by atoms with van der Waals surface area (Å²) in [6.45, 7) is 5.15. The molecule has 4 rings (SSSR count). The normalized spacial score (nSPS) is 16.4. The van der Waals surface area contributed by atoms with E-state index in [9.17, 15) is 22.4 Å². The maximum Gasteiger partial charge on any atom is 0.416 e. The highest BCUT2D eigenvalue weighted by atomic mass is 19.4. The summed E-state index contributed by atoms with van der Waals surface area (Å²) < 4.78 is 64.1. The standard InChI is InChI=1S/C25H29F4N3O3/c1-2-3-8-31-9-6-21(7-10-31)32(15-17-4-5-22-23(11-17)35-16-34-22)24(33)30-20-13-18(25(27,28)29)12-19(26)14-20/h4-5,11-14,21H,2-3,6-10,15-16H2,1H3,(H,30,33). The molecule has 0 saturated carbocycles. The van der Waals surface area contributed by atoms with E-state index in [1.807, 2.05) is 6.07 Å². The second-order valence-electron chi connectivity index (χ2n) is 8.90. The zero-order valence-electron chi connectivity index (χ0n) is 19.5. The number of carbonyl (C=O) groups excluding carboxylic acids is 1. The number of anilines is 1. The minimum absolute atomic E-state index is 0.117. The zero-order valence-corrected chi connectivity index (χ0v) is 19.5. The fourth-order valence-electron chi connectivity index (χ4n) is 4.46. The number of ether oxygens (including phenoxy) is 2. The number of piperidine rings is 1. The van der Waals surface area contributed by atoms with Crippen LogP contribution in [0.3, 0.4) is 0 Å². The van der Waals surface area contributed by atoms with Gasteiger partial charge in [-0.15, -0.1) is 0 Å². The molecule has 35 heavy (non-hydrogen) atoms. The van der Waals surface area contributed by atoms with E-state index < -0.39 is 23.6 Å². The summed E-state index contributed by atoms with van der Waals surface area (Å²) in [7, 11) is 0. The summed E-state index contributed by atoms with van der Waals surface area (Å²) in [6, 6.07) is 6.74. The largest absolute Gasteiger partial charge is 0.454 e. The highest BCUT2D eigenvalue weighted by molar-refractivity contribution is 5.89. The van der Waals surface area contributed by atoms with Gasteiger partial charge in [-0.1, -0.05) is 19.4 Å². The van der Waals surface area contributed by atoms with E-state index in [4.69, 9.17) is 9.47 Å². The van der Waals surface area contributed by atoms with Crippen LogP contribution in [-0.2, 0) is 12.7 Å². The maximum atomic E-state index is 13.9. The molecule has 1 saturated heterocycles. The van der Waals surface area contributed by atoms with E-state index in [1.165, 1.54) is 0 Å². The van der Waals surface area contributed by atoms with Crippen molar-refractivity contribution in [2.75, 3.05) is 31.7 Å². The lowest BCUT2D eigenvalue weighted by Gasteiger charge is -2.38. The number of rotatable bonds is 7. The number of amides is 2. The van der Waals surface area contributed by atoms with Crippen molar-refractivity contribution < 1.29 is 31.8 Å². The number of urea groups is 1. The predicted molar refractivity (Wildman–Crippen MR) is 123 cm³/mol. The third-order valence-electron chi connectivity index (χ3n) is 6.35. The molecule has 0 aliphatic carbocycles. The van der Waals surface area contributed by atoms with Gasteiger partial charge in [0.15, 0.2) is 11.5 Å². The predicted octanol–water partition coefficient (Wildman–Crippen LogP) is 5.87. The van der Waals surface area contributed by atoms with Crippen LogP contribution < -0.4 is 14.8 Å². The number of likely N-dealkylation sites (tertiary alicyclic amines) is 1. The van der Waals surface area contributed by atoms with Crippen molar-refractivity contribution in [1.29, 1.82) is 0 Å². The fourth-order valence-corrected chi connectivity index (χ4v) is 4.46. The maximum absolute atomic E-state index is 13.9. The van der Waals surface area contributed by atoms with Crippen molar-refractivity contribution in [2.45, 2.75) is 51.4 Å². The highest BCUT2D eigenvalue weighted by Crippen LogP contribution is 2.34. The van der Waals surface area contributed by atoms with Crippen molar-refractivity contribution in [2.24, 2.45) is 0 Å². The number of alkyl halides is 3. The Kier molecular flexibility index (Phi) is 7.69. The Bertz CT molecular complexity index is 1040. The molecule has 0 unspecified atom stereocenters. The molecule has 0 atom stereocenters. The highest BCUT2D eigenvalue weighted by Gasteiger charge is 2.32. The summed E-state index contributed by atoms with van der Waals surface area (Å²) in [4.78, 5) is 17.3. The molecule has 2 aromatic rings. The van der Waals surface area contributed by atoms with Gasteiger partial charge in [0.1, 0.15) is 5.82 Å². The number of carbonyl (C=O) groups is 1. The molecule has 2 aliphatic rings. The Hall–Kier alpha value is -3.01. The van der Waals surface area contributed by atoms with Gasteiger partial charge in [0.2, 0.25) is 6.79 Å². The first-order chi connectivity index (χ1) is 16.7. The minimum Gasteiger partial charge on any atom is -0.454 e. The van der Waals surface area contributed by atoms with Crippen LogP contribution >= 0.6 is 0 Å². The number of unbranched alkanes of at least 4 members (excludes halogenated alkanes) is 1. The Morgan fingerprint density at radius 2 is 1.86 bits per heavy atom. The third-order valence-corrected chi connectivity index (χ3v) is 6.35. The van der Waals surface area contributed by atoms with E-state index in [1.54, 1.807) is 17.0 Å². The minimum atomic E-state index is -4.72. The van der Waals surface area contributed by atoms with Crippen LogP contribution in [0.15, 0.2) is 36.4 Å². The molecule has 190 valence electrons. The SMILES string of the molecule is CCCCN1CCC(N(Cc2ccc3c(c2)OCO3)C(=O)Nc2cc(F)cc(C(F)(F)F)c2)CC1. The summed E-state index contributed by atoms with van der Waals surface area (Å²) in [6.07, 6.45) is -1.05. The Labute approximate surface area is 201 Å². The van der Waals surface area contributed by atoms with Crippen LogP contribution in [0.4, 0.5) is 28.0 Å². The van der Waals surface area contributed by atoms with Gasteiger partial charge in [-0.25, -0.2) is 9.18 Å². The van der Waals surface area contributed by atoms with Crippen molar-refractivity contribution in [3.63, 3.8) is 0 Å². The monoisotopic (exact) mass is 495 g/mol. The lowest BCUT2D eigenvalue weighted by atomic mass is 10.0. The molecule has 6 nitrogen and oxygen atoms in total. The third kappa shape index (κ3) is 6.36. The summed E-state index contributed by atoms with van der Waals surface area (Å²) in [5.41, 5.74) is -0.592. The van der Waals surface area contributed by atoms with E-state index in [-0.39, 0.29) is 25.1 Å². The quantitative estimate of drug-likeness (QED) is 0.488. The van der Waals surface area contributed by atoms with Gasteiger partial charge in [0.05, 0.1) is 5.56 Å². The van der Waals surface area contributed by atoms with Gasteiger partial charge in [-0.05, 0) is 61.7 Å². The Morgan fingerprint density at radius 1 is 1.11 bits per heavy atom. The van der Waals surface area contributed by atoms with Crippen molar-refractivity contribution in [3.05, 3.63) is 53.3 Å². The lowest BCUT2D eigenvalue weighted by molar-refractivity contribution is -0.137. The van der Waals surface area contributed by atoms with Gasteiger partial charge in [-0.2, -0.15) is 13.2 Å². The number of hydrogen-bond acceptors (Lipinski definition) is 4. The van der Waals surface area contributed by atoms with Crippen LogP contribution in [-0.4, -0.2) is 48.3 Å². The number of fused-ring (bicyclic) bond motifs is 1. The smallest absolute Gasteiger partial charge is 0.416 e. The second kappa shape index (κ2) is 10.7. The Balaban J connectivity index is 1.53. The van der Waals surface area contributed by atoms with Gasteiger partial charge < -0.3 is 24.6 Å². The number of hydrogen-bond donors (Lipinski definition) is 1. The summed E-state index contributed by atoms with van der Waals surface area (Å²) in [5, 5.41) is 2.49. The number of halogens is 4. The van der Waals surface area contributed by atoms with Crippen LogP contribution in [0.5, 0.6) is 11.5 Å². The van der Waals surface area contributed by atoms with E-state index >= 15 is 0 Å². The molecule has 0 bridgehead atoms. The van der Waals surface area contributed by atoms with E-state index in [0.717, 1.165) is 63.0 Å². The first kappa shape index (κ1) is 25.1. The molecule has 10 heteroatoms. The Morgan fingerprint density at radius 3 is 2.57 bits per heavy atom. The van der Waals surface area contributed by atoms with Gasteiger partial charge in [0, 0.05) is 31.4 Å². The molecule has 2 aromatic carbocycles. The summed E-state index contributed by atoms with van der Waals surface area (Å²) in [5.74, 6) is 0.132. The molecule has 0 spiro atoms. The van der Waals surface area contributed by atoms with Gasteiger partial charge >= 0.3 is 12.2 Å².